The Morgan fingerprint density at radius 2 is 1.97 bits per heavy atom. The highest BCUT2D eigenvalue weighted by Gasteiger charge is 2.26. The Hall–Kier alpha value is -3.30. The number of benzene rings is 1. The molecule has 3 aromatic heterocycles. The fourth-order valence-electron chi connectivity index (χ4n) is 5.12. The maximum Gasteiger partial charge on any atom is 0.266 e. The Labute approximate surface area is 208 Å². The van der Waals surface area contributed by atoms with E-state index < -0.39 is 0 Å². The molecule has 35 heavy (non-hydrogen) atoms. The van der Waals surface area contributed by atoms with Crippen molar-refractivity contribution in [3.05, 3.63) is 65.5 Å². The second-order valence-electron chi connectivity index (χ2n) is 9.28. The number of hydrogen-bond acceptors (Lipinski definition) is 8. The Balaban J connectivity index is 1.33. The molecule has 0 spiro atoms. The number of rotatable bonds is 5. The molecule has 5 heterocycles. The molecule has 2 aliphatic heterocycles. The summed E-state index contributed by atoms with van der Waals surface area (Å²) in [4.78, 5) is 30.2. The minimum absolute atomic E-state index is 0.00912. The molecule has 0 saturated carbocycles. The molecule has 6 rings (SSSR count). The molecule has 2 N–H and O–H groups in total. The van der Waals surface area contributed by atoms with E-state index in [1.54, 1.807) is 23.9 Å². The van der Waals surface area contributed by atoms with E-state index in [4.69, 9.17) is 9.97 Å². The van der Waals surface area contributed by atoms with Crippen molar-refractivity contribution in [1.29, 1.82) is 0 Å². The van der Waals surface area contributed by atoms with Gasteiger partial charge in [-0.2, -0.15) is 0 Å². The Bertz CT molecular complexity index is 1320. The van der Waals surface area contributed by atoms with Gasteiger partial charge in [0.15, 0.2) is 0 Å². The van der Waals surface area contributed by atoms with Crippen LogP contribution in [0.3, 0.4) is 0 Å². The third-order valence-electron chi connectivity index (χ3n) is 7.01. The van der Waals surface area contributed by atoms with Gasteiger partial charge in [-0.25, -0.2) is 9.97 Å². The SMILES string of the molecule is O=c1c(-c2nc3ccccc3s2)c(N[C@@H]2CCCNC2)ncn1C1CCN(c2cccnc2)CC1. The molecular formula is C26H29N7OS. The van der Waals surface area contributed by atoms with Crippen LogP contribution in [0.1, 0.15) is 31.7 Å². The molecule has 1 aromatic carbocycles. The van der Waals surface area contributed by atoms with Crippen LogP contribution in [-0.4, -0.2) is 51.7 Å². The van der Waals surface area contributed by atoms with Gasteiger partial charge >= 0.3 is 0 Å². The molecule has 4 aromatic rings. The van der Waals surface area contributed by atoms with Gasteiger partial charge < -0.3 is 15.5 Å². The van der Waals surface area contributed by atoms with Crippen molar-refractivity contribution < 1.29 is 0 Å². The number of aromatic nitrogens is 4. The molecule has 8 nitrogen and oxygen atoms in total. The molecule has 180 valence electrons. The molecular weight excluding hydrogens is 458 g/mol. The van der Waals surface area contributed by atoms with E-state index in [1.165, 1.54) is 0 Å². The van der Waals surface area contributed by atoms with Gasteiger partial charge in [-0.1, -0.05) is 12.1 Å². The number of piperidine rings is 2. The van der Waals surface area contributed by atoms with Gasteiger partial charge in [-0.15, -0.1) is 11.3 Å². The lowest BCUT2D eigenvalue weighted by molar-refractivity contribution is 0.384. The molecule has 0 amide bonds. The fourth-order valence-corrected chi connectivity index (χ4v) is 6.12. The zero-order valence-corrected chi connectivity index (χ0v) is 20.4. The summed E-state index contributed by atoms with van der Waals surface area (Å²) in [6, 6.07) is 12.5. The molecule has 2 aliphatic rings. The molecule has 0 unspecified atom stereocenters. The number of thiazole rings is 1. The van der Waals surface area contributed by atoms with E-state index >= 15 is 0 Å². The lowest BCUT2D eigenvalue weighted by Crippen LogP contribution is -2.40. The second kappa shape index (κ2) is 9.75. The average Bonchev–Trinajstić information content (AvgIpc) is 3.34. The molecule has 2 fully saturated rings. The topological polar surface area (TPSA) is 88.0 Å². The van der Waals surface area contributed by atoms with Crippen molar-refractivity contribution in [3.8, 4) is 10.6 Å². The third-order valence-corrected chi connectivity index (χ3v) is 8.06. The lowest BCUT2D eigenvalue weighted by atomic mass is 10.0. The van der Waals surface area contributed by atoms with Crippen LogP contribution in [-0.2, 0) is 0 Å². The van der Waals surface area contributed by atoms with E-state index in [0.717, 1.165) is 72.8 Å². The first-order valence-electron chi connectivity index (χ1n) is 12.4. The minimum Gasteiger partial charge on any atom is -0.370 e. The summed E-state index contributed by atoms with van der Waals surface area (Å²) in [5.74, 6) is 0.645. The number of anilines is 2. The van der Waals surface area contributed by atoms with Gasteiger partial charge in [0.25, 0.3) is 5.56 Å². The Morgan fingerprint density at radius 1 is 1.09 bits per heavy atom. The van der Waals surface area contributed by atoms with Gasteiger partial charge in [0.2, 0.25) is 0 Å². The van der Waals surface area contributed by atoms with Crippen molar-refractivity contribution in [1.82, 2.24) is 24.8 Å². The third kappa shape index (κ3) is 4.53. The Morgan fingerprint density at radius 3 is 2.74 bits per heavy atom. The molecule has 1 atom stereocenters. The standard InChI is InChI=1S/C26H29N7OS/c34-26-23(25-31-21-7-1-2-8-22(21)35-25)24(30-18-5-3-11-27-15-18)29-17-33(26)19-9-13-32(14-10-19)20-6-4-12-28-16-20/h1-2,4,6-8,12,16-19,27,30H,3,5,9-11,13-15H2/t18-/m1/s1. The van der Waals surface area contributed by atoms with Crippen LogP contribution < -0.4 is 21.1 Å². The molecule has 9 heteroatoms. The van der Waals surface area contributed by atoms with Crippen LogP contribution in [0.2, 0.25) is 0 Å². The van der Waals surface area contributed by atoms with Crippen molar-refractivity contribution >= 4 is 33.1 Å². The van der Waals surface area contributed by atoms with Crippen LogP contribution >= 0.6 is 11.3 Å². The van der Waals surface area contributed by atoms with Gasteiger partial charge in [0.1, 0.15) is 22.7 Å². The highest BCUT2D eigenvalue weighted by atomic mass is 32.1. The summed E-state index contributed by atoms with van der Waals surface area (Å²) in [6.45, 7) is 3.67. The second-order valence-corrected chi connectivity index (χ2v) is 10.3. The van der Waals surface area contributed by atoms with E-state index in [9.17, 15) is 4.79 Å². The molecule has 0 aliphatic carbocycles. The predicted octanol–water partition coefficient (Wildman–Crippen LogP) is 3.92. The van der Waals surface area contributed by atoms with Gasteiger partial charge in [0, 0.05) is 37.9 Å². The van der Waals surface area contributed by atoms with E-state index in [1.807, 2.05) is 35.0 Å². The molecule has 0 bridgehead atoms. The van der Waals surface area contributed by atoms with Crippen LogP contribution in [0.4, 0.5) is 11.5 Å². The number of hydrogen-bond donors (Lipinski definition) is 2. The molecule has 2 saturated heterocycles. The van der Waals surface area contributed by atoms with E-state index in [2.05, 4.69) is 32.7 Å². The number of pyridine rings is 1. The van der Waals surface area contributed by atoms with E-state index in [-0.39, 0.29) is 17.6 Å². The number of nitrogens with zero attached hydrogens (tertiary/aromatic N) is 5. The van der Waals surface area contributed by atoms with Crippen LogP contribution in [0.5, 0.6) is 0 Å². The quantitative estimate of drug-likeness (QED) is 0.441. The van der Waals surface area contributed by atoms with Crippen molar-refractivity contribution in [3.63, 3.8) is 0 Å². The highest BCUT2D eigenvalue weighted by Crippen LogP contribution is 2.33. The summed E-state index contributed by atoms with van der Waals surface area (Å²) in [6.07, 6.45) is 9.38. The van der Waals surface area contributed by atoms with Gasteiger partial charge in [0.05, 0.1) is 22.1 Å². The fraction of sp³-hybridized carbons (Fsp3) is 0.385. The number of nitrogens with one attached hydrogen (secondary N) is 2. The van der Waals surface area contributed by atoms with Crippen LogP contribution in [0, 0.1) is 0 Å². The maximum absolute atomic E-state index is 14.0. The first-order valence-corrected chi connectivity index (χ1v) is 13.2. The summed E-state index contributed by atoms with van der Waals surface area (Å²) < 4.78 is 2.92. The van der Waals surface area contributed by atoms with Crippen molar-refractivity contribution in [2.45, 2.75) is 37.8 Å². The monoisotopic (exact) mass is 487 g/mol. The number of fused-ring (bicyclic) bond motifs is 1. The first kappa shape index (κ1) is 22.2. The van der Waals surface area contributed by atoms with Crippen molar-refractivity contribution in [2.75, 3.05) is 36.4 Å². The first-order chi connectivity index (χ1) is 17.3. The predicted molar refractivity (Wildman–Crippen MR) is 141 cm³/mol. The summed E-state index contributed by atoms with van der Waals surface area (Å²) in [5, 5.41) is 7.73. The number of para-hydroxylation sites is 1. The van der Waals surface area contributed by atoms with Crippen LogP contribution in [0.15, 0.2) is 59.9 Å². The normalized spacial score (nSPS) is 19.2. The average molecular weight is 488 g/mol. The van der Waals surface area contributed by atoms with E-state index in [0.29, 0.717) is 11.4 Å². The lowest BCUT2D eigenvalue weighted by Gasteiger charge is -2.34. The summed E-state index contributed by atoms with van der Waals surface area (Å²) >= 11 is 1.56. The largest absolute Gasteiger partial charge is 0.370 e. The van der Waals surface area contributed by atoms with Gasteiger partial charge in [-0.3, -0.25) is 14.3 Å². The highest BCUT2D eigenvalue weighted by molar-refractivity contribution is 7.21. The summed E-state index contributed by atoms with van der Waals surface area (Å²) in [7, 11) is 0. The Kier molecular flexibility index (Phi) is 6.18. The molecule has 0 radical (unpaired) electrons. The summed E-state index contributed by atoms with van der Waals surface area (Å²) in [5.41, 5.74) is 2.63. The smallest absolute Gasteiger partial charge is 0.266 e. The minimum atomic E-state index is -0.00912. The van der Waals surface area contributed by atoms with Crippen molar-refractivity contribution in [2.24, 2.45) is 0 Å². The zero-order chi connectivity index (χ0) is 23.6. The maximum atomic E-state index is 14.0. The van der Waals surface area contributed by atoms with Crippen LogP contribution in [0.25, 0.3) is 20.8 Å². The van der Waals surface area contributed by atoms with Gasteiger partial charge in [-0.05, 0) is 56.5 Å². The zero-order valence-electron chi connectivity index (χ0n) is 19.6.